The number of rotatable bonds is 10. The van der Waals surface area contributed by atoms with Crippen molar-refractivity contribution in [1.82, 2.24) is 14.8 Å². The highest BCUT2D eigenvalue weighted by Gasteiger charge is 2.57. The number of oxime groups is 1. The maximum atomic E-state index is 13.1. The van der Waals surface area contributed by atoms with Crippen LogP contribution >= 0.6 is 22.9 Å². The molecular weight excluding hydrogens is 472 g/mol. The Labute approximate surface area is 198 Å². The molecule has 1 amide bonds. The molecule has 0 spiro atoms. The van der Waals surface area contributed by atoms with Gasteiger partial charge < -0.3 is 9.74 Å². The lowest BCUT2D eigenvalue weighted by Crippen LogP contribution is -2.30. The Bertz CT molecular complexity index is 1120. The summed E-state index contributed by atoms with van der Waals surface area (Å²) in [5.74, 6) is -3.61. The van der Waals surface area contributed by atoms with E-state index < -0.39 is 11.8 Å². The molecule has 11 heteroatoms. The fraction of sp³-hybridized carbons (Fsp3) is 0.364. The predicted molar refractivity (Wildman–Crippen MR) is 123 cm³/mol. The molecule has 1 aliphatic rings. The second-order valence-corrected chi connectivity index (χ2v) is 8.88. The molecule has 0 saturated heterocycles. The summed E-state index contributed by atoms with van der Waals surface area (Å²) in [7, 11) is 0. The largest absolute Gasteiger partial charge is 0.395 e. The van der Waals surface area contributed by atoms with Gasteiger partial charge in [-0.3, -0.25) is 9.78 Å². The van der Waals surface area contributed by atoms with E-state index >= 15 is 0 Å². The van der Waals surface area contributed by atoms with Crippen molar-refractivity contribution in [3.63, 3.8) is 0 Å². The minimum absolute atomic E-state index is 0.139. The first kappa shape index (κ1) is 23.3. The molecule has 0 bridgehead atoms. The lowest BCUT2D eigenvalue weighted by molar-refractivity contribution is -0.118. The van der Waals surface area contributed by atoms with Crippen LogP contribution in [0.15, 0.2) is 53.4 Å². The van der Waals surface area contributed by atoms with Gasteiger partial charge in [0.15, 0.2) is 5.15 Å². The minimum atomic E-state index is -2.66. The zero-order chi connectivity index (χ0) is 23.4. The van der Waals surface area contributed by atoms with Crippen molar-refractivity contribution >= 4 is 40.2 Å². The third kappa shape index (κ3) is 5.56. The van der Waals surface area contributed by atoms with E-state index in [0.29, 0.717) is 24.4 Å². The number of halogens is 3. The zero-order valence-electron chi connectivity index (χ0n) is 17.8. The number of anilines is 1. The van der Waals surface area contributed by atoms with Crippen LogP contribution in [-0.4, -0.2) is 45.5 Å². The van der Waals surface area contributed by atoms with Gasteiger partial charge >= 0.3 is 0 Å². The van der Waals surface area contributed by atoms with E-state index in [1.165, 1.54) is 11.3 Å². The van der Waals surface area contributed by atoms with Crippen molar-refractivity contribution in [2.45, 2.75) is 32.1 Å². The van der Waals surface area contributed by atoms with Gasteiger partial charge in [-0.25, -0.2) is 13.5 Å². The van der Waals surface area contributed by atoms with Gasteiger partial charge in [0, 0.05) is 32.0 Å². The molecule has 1 unspecified atom stereocenters. The molecule has 3 aromatic heterocycles. The molecule has 0 aliphatic heterocycles. The third-order valence-corrected chi connectivity index (χ3v) is 6.45. The van der Waals surface area contributed by atoms with Crippen LogP contribution in [0, 0.1) is 5.92 Å². The zero-order valence-corrected chi connectivity index (χ0v) is 19.4. The van der Waals surface area contributed by atoms with Gasteiger partial charge in [-0.15, -0.1) is 11.3 Å². The fourth-order valence-electron chi connectivity index (χ4n) is 3.30. The number of carbonyl (C=O) groups is 1. The number of thiophene rings is 1. The second-order valence-electron chi connectivity index (χ2n) is 7.57. The van der Waals surface area contributed by atoms with Crippen molar-refractivity contribution in [2.75, 3.05) is 18.1 Å². The molecule has 3 aromatic rings. The van der Waals surface area contributed by atoms with Crippen LogP contribution < -0.4 is 4.90 Å². The summed E-state index contributed by atoms with van der Waals surface area (Å²) in [6.07, 6.45) is 5.26. The lowest BCUT2D eigenvalue weighted by Gasteiger charge is -2.19. The number of hydrogen-bond donors (Lipinski definition) is 0. The van der Waals surface area contributed by atoms with Crippen LogP contribution in [0.2, 0.25) is 5.15 Å². The number of pyridine rings is 1. The van der Waals surface area contributed by atoms with Gasteiger partial charge in [0.1, 0.15) is 12.3 Å². The number of carbonyl (C=O) groups excluding carboxylic acids is 1. The Morgan fingerprint density at radius 1 is 1.39 bits per heavy atom. The standard InChI is InChI=1S/C22H22ClF2N5O2S/c1-2-29(18-13-30(27-21(18)23)16-5-3-9-26-12-16)20(31)8-7-17(19-6-4-10-33-19)28-32-14-15-11-22(15,24)25/h3-6,9-10,12-13,15H,2,7-8,11,14H2,1H3/b28-17+. The maximum absolute atomic E-state index is 13.1. The fourth-order valence-corrected chi connectivity index (χ4v) is 4.27. The van der Waals surface area contributed by atoms with Crippen LogP contribution in [0.4, 0.5) is 14.5 Å². The first-order chi connectivity index (χ1) is 15.9. The van der Waals surface area contributed by atoms with Gasteiger partial charge in [0.2, 0.25) is 5.91 Å². The Balaban J connectivity index is 1.43. The highest BCUT2D eigenvalue weighted by Crippen LogP contribution is 2.48. The van der Waals surface area contributed by atoms with Crippen molar-refractivity contribution in [1.29, 1.82) is 0 Å². The van der Waals surface area contributed by atoms with Crippen LogP contribution in [0.3, 0.4) is 0 Å². The van der Waals surface area contributed by atoms with E-state index in [1.807, 2.05) is 30.5 Å². The predicted octanol–water partition coefficient (Wildman–Crippen LogP) is 5.19. The second kappa shape index (κ2) is 9.96. The van der Waals surface area contributed by atoms with E-state index in [-0.39, 0.29) is 30.5 Å². The summed E-state index contributed by atoms with van der Waals surface area (Å²) in [5.41, 5.74) is 1.77. The number of aromatic nitrogens is 3. The quantitative estimate of drug-likeness (QED) is 0.288. The Hall–Kier alpha value is -2.85. The minimum Gasteiger partial charge on any atom is -0.395 e. The highest BCUT2D eigenvalue weighted by atomic mass is 35.5. The van der Waals surface area contributed by atoms with Gasteiger partial charge in [-0.05, 0) is 30.5 Å². The molecule has 0 aromatic carbocycles. The van der Waals surface area contributed by atoms with Gasteiger partial charge in [-0.1, -0.05) is 22.8 Å². The van der Waals surface area contributed by atoms with Crippen LogP contribution in [-0.2, 0) is 9.63 Å². The number of nitrogens with zero attached hydrogens (tertiary/aromatic N) is 5. The molecule has 33 heavy (non-hydrogen) atoms. The Morgan fingerprint density at radius 2 is 2.21 bits per heavy atom. The van der Waals surface area contributed by atoms with Crippen molar-refractivity contribution in [3.05, 3.63) is 58.3 Å². The van der Waals surface area contributed by atoms with E-state index in [1.54, 1.807) is 34.2 Å². The summed E-state index contributed by atoms with van der Waals surface area (Å²) >= 11 is 7.78. The SMILES string of the molecule is CCN(C(=O)CC/C(=N\OCC1CC1(F)F)c1cccs1)c1cn(-c2cccnc2)nc1Cl. The molecule has 3 heterocycles. The maximum Gasteiger partial charge on any atom is 0.255 e. The molecule has 4 rings (SSSR count). The Morgan fingerprint density at radius 3 is 2.85 bits per heavy atom. The van der Waals surface area contributed by atoms with Crippen molar-refractivity contribution in [2.24, 2.45) is 11.1 Å². The molecule has 1 atom stereocenters. The van der Waals surface area contributed by atoms with E-state index in [2.05, 4.69) is 15.2 Å². The highest BCUT2D eigenvalue weighted by molar-refractivity contribution is 7.12. The monoisotopic (exact) mass is 493 g/mol. The van der Waals surface area contributed by atoms with Crippen molar-refractivity contribution < 1.29 is 18.4 Å². The normalized spacial score (nSPS) is 17.1. The summed E-state index contributed by atoms with van der Waals surface area (Å²) in [4.78, 5) is 24.7. The number of hydrogen-bond acceptors (Lipinski definition) is 6. The third-order valence-electron chi connectivity index (χ3n) is 5.26. The van der Waals surface area contributed by atoms with Crippen molar-refractivity contribution in [3.8, 4) is 5.69 Å². The topological polar surface area (TPSA) is 72.6 Å². The summed E-state index contributed by atoms with van der Waals surface area (Å²) in [5, 5.41) is 10.4. The molecular formula is C22H22ClF2N5O2S. The molecule has 0 N–H and O–H groups in total. The average Bonchev–Trinajstić information content (AvgIpc) is 3.19. The van der Waals surface area contributed by atoms with Crippen LogP contribution in [0.1, 0.15) is 31.1 Å². The smallest absolute Gasteiger partial charge is 0.255 e. The van der Waals surface area contributed by atoms with E-state index in [0.717, 1.165) is 10.6 Å². The average molecular weight is 494 g/mol. The van der Waals surface area contributed by atoms with Gasteiger partial charge in [-0.2, -0.15) is 5.10 Å². The molecule has 1 fully saturated rings. The summed E-state index contributed by atoms with van der Waals surface area (Å²) in [6, 6.07) is 7.33. The van der Waals surface area contributed by atoms with E-state index in [9.17, 15) is 13.6 Å². The van der Waals surface area contributed by atoms with Crippen LogP contribution in [0.5, 0.6) is 0 Å². The van der Waals surface area contributed by atoms with Gasteiger partial charge in [0.25, 0.3) is 5.92 Å². The number of amides is 1. The lowest BCUT2D eigenvalue weighted by atomic mass is 10.1. The summed E-state index contributed by atoms with van der Waals surface area (Å²) in [6.45, 7) is 2.11. The molecule has 1 saturated carbocycles. The Kier molecular flexibility index (Phi) is 7.04. The number of alkyl halides is 2. The molecule has 174 valence electrons. The van der Waals surface area contributed by atoms with Crippen LogP contribution in [0.25, 0.3) is 5.69 Å². The molecule has 0 radical (unpaired) electrons. The first-order valence-corrected chi connectivity index (χ1v) is 11.7. The summed E-state index contributed by atoms with van der Waals surface area (Å²) < 4.78 is 27.7. The van der Waals surface area contributed by atoms with E-state index in [4.69, 9.17) is 16.4 Å². The first-order valence-electron chi connectivity index (χ1n) is 10.5. The molecule has 7 nitrogen and oxygen atoms in total. The van der Waals surface area contributed by atoms with Gasteiger partial charge in [0.05, 0.1) is 34.6 Å². The molecule has 1 aliphatic carbocycles.